The summed E-state index contributed by atoms with van der Waals surface area (Å²) in [5.74, 6) is 5.93. The summed E-state index contributed by atoms with van der Waals surface area (Å²) >= 11 is 0. The molecule has 1 amide bonds. The summed E-state index contributed by atoms with van der Waals surface area (Å²) in [6.07, 6.45) is -0.460. The Balaban J connectivity index is 1.74. The van der Waals surface area contributed by atoms with Crippen molar-refractivity contribution in [1.29, 1.82) is 0 Å². The van der Waals surface area contributed by atoms with Gasteiger partial charge in [0.15, 0.2) is 0 Å². The average molecular weight is 279 g/mol. The summed E-state index contributed by atoms with van der Waals surface area (Å²) in [7, 11) is 0. The van der Waals surface area contributed by atoms with Crippen molar-refractivity contribution < 1.29 is 9.53 Å². The number of aryl methyl sites for hydroxylation is 1. The number of carbonyl (C=O) groups excluding carboxylic acids is 1. The summed E-state index contributed by atoms with van der Waals surface area (Å²) in [5, 5.41) is 2.61. The Bertz CT molecular complexity index is 654. The fraction of sp³-hybridized carbons (Fsp3) is 0.167. The predicted molar refractivity (Wildman–Crippen MR) is 82.7 cm³/mol. The van der Waals surface area contributed by atoms with Crippen molar-refractivity contribution in [3.8, 4) is 11.8 Å². The minimum atomic E-state index is -0.460. The number of ether oxygens (including phenoxy) is 1. The van der Waals surface area contributed by atoms with E-state index >= 15 is 0 Å². The fourth-order valence-corrected chi connectivity index (χ4v) is 1.74. The molecule has 0 aliphatic carbocycles. The van der Waals surface area contributed by atoms with Crippen LogP contribution in [0.1, 0.15) is 16.7 Å². The molecule has 1 N–H and O–H groups in total. The molecule has 3 heteroatoms. The van der Waals surface area contributed by atoms with Crippen LogP contribution in [0.5, 0.6) is 0 Å². The molecule has 0 unspecified atom stereocenters. The molecule has 3 nitrogen and oxygen atoms in total. The van der Waals surface area contributed by atoms with Crippen LogP contribution in [0.4, 0.5) is 4.79 Å². The molecule has 0 aliphatic rings. The van der Waals surface area contributed by atoms with E-state index in [2.05, 4.69) is 17.2 Å². The molecular formula is C18H17NO2. The lowest BCUT2D eigenvalue weighted by molar-refractivity contribution is 0.141. The van der Waals surface area contributed by atoms with Gasteiger partial charge in [0.2, 0.25) is 0 Å². The van der Waals surface area contributed by atoms with E-state index in [0.717, 1.165) is 16.7 Å². The van der Waals surface area contributed by atoms with Crippen LogP contribution in [0.3, 0.4) is 0 Å². The largest absolute Gasteiger partial charge is 0.445 e. The third-order valence-corrected chi connectivity index (χ3v) is 2.90. The lowest BCUT2D eigenvalue weighted by atomic mass is 10.1. The molecule has 0 atom stereocenters. The molecule has 0 aromatic heterocycles. The van der Waals surface area contributed by atoms with Gasteiger partial charge in [-0.05, 0) is 24.1 Å². The second-order valence-corrected chi connectivity index (χ2v) is 4.53. The van der Waals surface area contributed by atoms with Crippen molar-refractivity contribution >= 4 is 6.09 Å². The summed E-state index contributed by atoms with van der Waals surface area (Å²) in [5.41, 5.74) is 3.05. The second-order valence-electron chi connectivity index (χ2n) is 4.53. The first-order chi connectivity index (χ1) is 10.3. The smallest absolute Gasteiger partial charge is 0.408 e. The molecule has 0 heterocycles. The van der Waals surface area contributed by atoms with E-state index < -0.39 is 6.09 Å². The van der Waals surface area contributed by atoms with Crippen LogP contribution in [0.2, 0.25) is 0 Å². The molecule has 0 saturated heterocycles. The highest BCUT2D eigenvalue weighted by atomic mass is 16.5. The summed E-state index contributed by atoms with van der Waals surface area (Å²) in [6, 6.07) is 17.4. The van der Waals surface area contributed by atoms with E-state index in [-0.39, 0.29) is 13.2 Å². The van der Waals surface area contributed by atoms with Crippen LogP contribution in [-0.2, 0) is 11.3 Å². The van der Waals surface area contributed by atoms with E-state index in [4.69, 9.17) is 4.74 Å². The van der Waals surface area contributed by atoms with E-state index in [1.165, 1.54) is 0 Å². The number of alkyl carbamates (subject to hydrolysis) is 1. The van der Waals surface area contributed by atoms with Crippen molar-refractivity contribution in [3.05, 3.63) is 71.3 Å². The number of benzene rings is 2. The van der Waals surface area contributed by atoms with Gasteiger partial charge in [0.25, 0.3) is 0 Å². The van der Waals surface area contributed by atoms with Crippen LogP contribution in [-0.4, -0.2) is 12.6 Å². The van der Waals surface area contributed by atoms with Crippen molar-refractivity contribution in [2.45, 2.75) is 13.5 Å². The topological polar surface area (TPSA) is 38.3 Å². The molecule has 0 aliphatic heterocycles. The van der Waals surface area contributed by atoms with E-state index in [1.54, 1.807) is 0 Å². The number of hydrogen-bond donors (Lipinski definition) is 1. The van der Waals surface area contributed by atoms with Gasteiger partial charge in [0, 0.05) is 5.56 Å². The monoisotopic (exact) mass is 279 g/mol. The summed E-state index contributed by atoms with van der Waals surface area (Å²) < 4.78 is 5.09. The third-order valence-electron chi connectivity index (χ3n) is 2.90. The van der Waals surface area contributed by atoms with Crippen molar-refractivity contribution in [2.75, 3.05) is 6.54 Å². The van der Waals surface area contributed by atoms with E-state index in [1.807, 2.05) is 61.5 Å². The van der Waals surface area contributed by atoms with Crippen LogP contribution >= 0.6 is 0 Å². The number of rotatable bonds is 3. The van der Waals surface area contributed by atoms with Gasteiger partial charge >= 0.3 is 6.09 Å². The minimum absolute atomic E-state index is 0.262. The van der Waals surface area contributed by atoms with Gasteiger partial charge in [0.05, 0.1) is 6.54 Å². The maximum Gasteiger partial charge on any atom is 0.408 e. The number of nitrogens with one attached hydrogen (secondary N) is 1. The normalized spacial score (nSPS) is 9.38. The molecule has 2 aromatic carbocycles. The molecule has 2 aromatic rings. The lowest BCUT2D eigenvalue weighted by Gasteiger charge is -2.04. The third kappa shape index (κ3) is 5.04. The van der Waals surface area contributed by atoms with Gasteiger partial charge in [-0.2, -0.15) is 0 Å². The predicted octanol–water partition coefficient (Wildman–Crippen LogP) is 3.27. The first kappa shape index (κ1) is 14.7. The molecule has 0 spiro atoms. The Morgan fingerprint density at radius 2 is 1.81 bits per heavy atom. The zero-order valence-corrected chi connectivity index (χ0v) is 11.9. The second kappa shape index (κ2) is 7.76. The first-order valence-corrected chi connectivity index (χ1v) is 6.75. The number of carbonyl (C=O) groups is 1. The molecule has 0 saturated carbocycles. The van der Waals surface area contributed by atoms with E-state index in [9.17, 15) is 4.79 Å². The average Bonchev–Trinajstić information content (AvgIpc) is 2.52. The zero-order chi connectivity index (χ0) is 14.9. The number of hydrogen-bond acceptors (Lipinski definition) is 2. The SMILES string of the molecule is Cc1ccccc1C#CCNC(=O)OCc1ccccc1. The van der Waals surface area contributed by atoms with Gasteiger partial charge in [-0.15, -0.1) is 0 Å². The minimum Gasteiger partial charge on any atom is -0.445 e. The molecule has 0 fully saturated rings. The quantitative estimate of drug-likeness (QED) is 0.876. The maximum absolute atomic E-state index is 11.5. The Hall–Kier alpha value is -2.73. The van der Waals surface area contributed by atoms with Gasteiger partial charge in [0.1, 0.15) is 6.61 Å². The molecule has 0 bridgehead atoms. The highest BCUT2D eigenvalue weighted by molar-refractivity contribution is 5.67. The zero-order valence-electron chi connectivity index (χ0n) is 11.9. The molecule has 2 rings (SSSR count). The van der Waals surface area contributed by atoms with Crippen LogP contribution in [0.15, 0.2) is 54.6 Å². The highest BCUT2D eigenvalue weighted by Gasteiger charge is 2.00. The first-order valence-electron chi connectivity index (χ1n) is 6.75. The Morgan fingerprint density at radius 1 is 1.10 bits per heavy atom. The Labute approximate surface area is 125 Å². The molecular weight excluding hydrogens is 262 g/mol. The van der Waals surface area contributed by atoms with Crippen LogP contribution in [0.25, 0.3) is 0 Å². The van der Waals surface area contributed by atoms with E-state index in [0.29, 0.717) is 0 Å². The van der Waals surface area contributed by atoms with Gasteiger partial charge in [-0.3, -0.25) is 0 Å². The molecule has 21 heavy (non-hydrogen) atoms. The summed E-state index contributed by atoms with van der Waals surface area (Å²) in [4.78, 5) is 11.5. The van der Waals surface area contributed by atoms with Gasteiger partial charge < -0.3 is 10.1 Å². The Morgan fingerprint density at radius 3 is 2.57 bits per heavy atom. The van der Waals surface area contributed by atoms with Crippen LogP contribution in [0, 0.1) is 18.8 Å². The van der Waals surface area contributed by atoms with Crippen molar-refractivity contribution in [2.24, 2.45) is 0 Å². The standard InChI is InChI=1S/C18H17NO2/c1-15-8-5-6-11-17(15)12-7-13-19-18(20)21-14-16-9-3-2-4-10-16/h2-6,8-11H,13-14H2,1H3,(H,19,20). The summed E-state index contributed by atoms with van der Waals surface area (Å²) in [6.45, 7) is 2.53. The Kier molecular flexibility index (Phi) is 5.42. The fourth-order valence-electron chi connectivity index (χ4n) is 1.74. The van der Waals surface area contributed by atoms with Crippen molar-refractivity contribution in [1.82, 2.24) is 5.32 Å². The maximum atomic E-state index is 11.5. The van der Waals surface area contributed by atoms with Gasteiger partial charge in [-0.25, -0.2) is 4.79 Å². The van der Waals surface area contributed by atoms with Crippen molar-refractivity contribution in [3.63, 3.8) is 0 Å². The van der Waals surface area contributed by atoms with Gasteiger partial charge in [-0.1, -0.05) is 60.4 Å². The molecule has 106 valence electrons. The molecule has 0 radical (unpaired) electrons. The number of amides is 1. The lowest BCUT2D eigenvalue weighted by Crippen LogP contribution is -2.24. The highest BCUT2D eigenvalue weighted by Crippen LogP contribution is 2.04. The van der Waals surface area contributed by atoms with Crippen LogP contribution < -0.4 is 5.32 Å².